The molecule has 0 saturated heterocycles. The van der Waals surface area contributed by atoms with Crippen molar-refractivity contribution in [3.63, 3.8) is 0 Å². The molecule has 152 valence electrons. The number of nitrogens with one attached hydrogen (secondary N) is 2. The first-order valence-corrected chi connectivity index (χ1v) is 9.15. The molecule has 3 aromatic rings. The number of H-pyrrole nitrogens is 1. The molecular formula is C21H25N5O3. The predicted octanol–water partition coefficient (Wildman–Crippen LogP) is 2.45. The largest absolute Gasteiger partial charge is 0.493 e. The molecular weight excluding hydrogens is 370 g/mol. The van der Waals surface area contributed by atoms with Crippen LogP contribution in [-0.4, -0.2) is 49.5 Å². The lowest BCUT2D eigenvalue weighted by Crippen LogP contribution is -2.19. The summed E-state index contributed by atoms with van der Waals surface area (Å²) >= 11 is 0. The zero-order valence-corrected chi connectivity index (χ0v) is 17.0. The molecule has 0 radical (unpaired) electrons. The molecule has 8 heteroatoms. The SMILES string of the molecule is COc1cc2[nH]c(CNCc3cccc(/N=C\N(C)C)c3)nc(=O)c2cc1OC. The Labute approximate surface area is 169 Å². The van der Waals surface area contributed by atoms with Crippen molar-refractivity contribution in [3.8, 4) is 11.5 Å². The zero-order chi connectivity index (χ0) is 20.8. The second-order valence-corrected chi connectivity index (χ2v) is 6.72. The summed E-state index contributed by atoms with van der Waals surface area (Å²) in [7, 11) is 6.95. The third kappa shape index (κ3) is 5.11. The molecule has 0 bridgehead atoms. The monoisotopic (exact) mass is 395 g/mol. The van der Waals surface area contributed by atoms with Gasteiger partial charge in [0.1, 0.15) is 5.82 Å². The van der Waals surface area contributed by atoms with Crippen LogP contribution in [0.25, 0.3) is 10.9 Å². The first-order chi connectivity index (χ1) is 14.0. The average molecular weight is 395 g/mol. The van der Waals surface area contributed by atoms with E-state index in [4.69, 9.17) is 9.47 Å². The summed E-state index contributed by atoms with van der Waals surface area (Å²) in [6, 6.07) is 11.3. The lowest BCUT2D eigenvalue weighted by molar-refractivity contribution is 0.355. The van der Waals surface area contributed by atoms with Crippen LogP contribution in [0, 0.1) is 0 Å². The Bertz CT molecular complexity index is 1080. The zero-order valence-electron chi connectivity index (χ0n) is 17.0. The molecule has 0 fully saturated rings. The summed E-state index contributed by atoms with van der Waals surface area (Å²) in [6.45, 7) is 1.05. The molecule has 0 unspecified atom stereocenters. The quantitative estimate of drug-likeness (QED) is 0.450. The number of nitrogens with zero attached hydrogens (tertiary/aromatic N) is 3. The molecule has 0 aliphatic heterocycles. The van der Waals surface area contributed by atoms with Gasteiger partial charge in [-0.15, -0.1) is 0 Å². The number of methoxy groups -OCH3 is 2. The number of hydrogen-bond donors (Lipinski definition) is 2. The van der Waals surface area contributed by atoms with Gasteiger partial charge in [-0.25, -0.2) is 4.99 Å². The van der Waals surface area contributed by atoms with E-state index in [2.05, 4.69) is 20.3 Å². The second kappa shape index (κ2) is 9.20. The van der Waals surface area contributed by atoms with E-state index in [-0.39, 0.29) is 5.56 Å². The number of fused-ring (bicyclic) bond motifs is 1. The molecule has 0 spiro atoms. The summed E-state index contributed by atoms with van der Waals surface area (Å²) in [4.78, 5) is 26.0. The van der Waals surface area contributed by atoms with Crippen LogP contribution in [0.3, 0.4) is 0 Å². The summed E-state index contributed by atoms with van der Waals surface area (Å²) in [5.74, 6) is 1.60. The van der Waals surface area contributed by atoms with Gasteiger partial charge in [0, 0.05) is 26.7 Å². The van der Waals surface area contributed by atoms with E-state index >= 15 is 0 Å². The fraction of sp³-hybridized carbons (Fsp3) is 0.286. The van der Waals surface area contributed by atoms with Gasteiger partial charge in [0.2, 0.25) is 0 Å². The molecule has 0 amide bonds. The maximum absolute atomic E-state index is 12.4. The second-order valence-electron chi connectivity index (χ2n) is 6.72. The first kappa shape index (κ1) is 20.3. The van der Waals surface area contributed by atoms with Gasteiger partial charge in [-0.05, 0) is 23.8 Å². The third-order valence-electron chi connectivity index (χ3n) is 4.24. The minimum Gasteiger partial charge on any atom is -0.493 e. The summed E-state index contributed by atoms with van der Waals surface area (Å²) < 4.78 is 10.6. The Morgan fingerprint density at radius 1 is 1.14 bits per heavy atom. The average Bonchev–Trinajstić information content (AvgIpc) is 2.71. The van der Waals surface area contributed by atoms with E-state index in [0.29, 0.717) is 41.3 Å². The van der Waals surface area contributed by atoms with Crippen LogP contribution >= 0.6 is 0 Å². The minimum absolute atomic E-state index is 0.309. The fourth-order valence-corrected chi connectivity index (χ4v) is 2.86. The number of aliphatic imine (C=N–C) groups is 1. The van der Waals surface area contributed by atoms with E-state index in [9.17, 15) is 4.79 Å². The molecule has 2 N–H and O–H groups in total. The Balaban J connectivity index is 1.73. The Hall–Kier alpha value is -3.39. The predicted molar refractivity (Wildman–Crippen MR) is 114 cm³/mol. The van der Waals surface area contributed by atoms with Gasteiger partial charge in [-0.2, -0.15) is 4.98 Å². The van der Waals surface area contributed by atoms with E-state index in [1.807, 2.05) is 43.3 Å². The van der Waals surface area contributed by atoms with Crippen molar-refractivity contribution in [3.05, 3.63) is 58.1 Å². The highest BCUT2D eigenvalue weighted by molar-refractivity contribution is 5.81. The van der Waals surface area contributed by atoms with Crippen molar-refractivity contribution >= 4 is 22.9 Å². The molecule has 3 rings (SSSR count). The molecule has 8 nitrogen and oxygen atoms in total. The van der Waals surface area contributed by atoms with Crippen molar-refractivity contribution in [1.82, 2.24) is 20.2 Å². The smallest absolute Gasteiger partial charge is 0.280 e. The van der Waals surface area contributed by atoms with Crippen LogP contribution in [-0.2, 0) is 13.1 Å². The topological polar surface area (TPSA) is 91.8 Å². The van der Waals surface area contributed by atoms with E-state index in [1.54, 1.807) is 25.6 Å². The van der Waals surface area contributed by atoms with Crippen LogP contribution < -0.4 is 20.3 Å². The Morgan fingerprint density at radius 2 is 1.90 bits per heavy atom. The van der Waals surface area contributed by atoms with Crippen molar-refractivity contribution in [1.29, 1.82) is 0 Å². The normalized spacial score (nSPS) is 11.2. The van der Waals surface area contributed by atoms with E-state index < -0.39 is 0 Å². The number of aromatic nitrogens is 2. The van der Waals surface area contributed by atoms with Gasteiger partial charge < -0.3 is 24.7 Å². The highest BCUT2D eigenvalue weighted by Gasteiger charge is 2.10. The van der Waals surface area contributed by atoms with Crippen molar-refractivity contribution in [2.45, 2.75) is 13.1 Å². The maximum Gasteiger partial charge on any atom is 0.280 e. The minimum atomic E-state index is -0.309. The third-order valence-corrected chi connectivity index (χ3v) is 4.24. The highest BCUT2D eigenvalue weighted by atomic mass is 16.5. The first-order valence-electron chi connectivity index (χ1n) is 9.15. The summed E-state index contributed by atoms with van der Waals surface area (Å²) in [6.07, 6.45) is 1.76. The van der Waals surface area contributed by atoms with Gasteiger partial charge in [-0.1, -0.05) is 12.1 Å². The number of benzene rings is 2. The molecule has 0 atom stereocenters. The Morgan fingerprint density at radius 3 is 2.62 bits per heavy atom. The molecule has 0 aliphatic rings. The van der Waals surface area contributed by atoms with E-state index in [0.717, 1.165) is 11.3 Å². The Kier molecular flexibility index (Phi) is 6.46. The number of ether oxygens (including phenoxy) is 2. The number of hydrogen-bond acceptors (Lipinski definition) is 6. The lowest BCUT2D eigenvalue weighted by atomic mass is 10.2. The van der Waals surface area contributed by atoms with E-state index in [1.165, 1.54) is 7.11 Å². The van der Waals surface area contributed by atoms with Gasteiger partial charge in [0.15, 0.2) is 11.5 Å². The van der Waals surface area contributed by atoms with Crippen LogP contribution in [0.5, 0.6) is 11.5 Å². The van der Waals surface area contributed by atoms with Crippen LogP contribution in [0.4, 0.5) is 5.69 Å². The molecule has 29 heavy (non-hydrogen) atoms. The maximum atomic E-state index is 12.4. The van der Waals surface area contributed by atoms with Crippen LogP contribution in [0.2, 0.25) is 0 Å². The van der Waals surface area contributed by atoms with Gasteiger partial charge >= 0.3 is 0 Å². The number of rotatable bonds is 8. The molecule has 1 aromatic heterocycles. The van der Waals surface area contributed by atoms with Crippen LogP contribution in [0.1, 0.15) is 11.4 Å². The van der Waals surface area contributed by atoms with Crippen molar-refractivity contribution < 1.29 is 9.47 Å². The standard InChI is InChI=1S/C21H25N5O3/c1-26(2)13-23-15-7-5-6-14(8-15)11-22-12-20-24-17-10-19(29-4)18(28-3)9-16(17)21(27)25-20/h5-10,13,22H,11-12H2,1-4H3,(H,24,25,27)/b23-13-. The number of aromatic amines is 1. The highest BCUT2D eigenvalue weighted by Crippen LogP contribution is 2.29. The fourth-order valence-electron chi connectivity index (χ4n) is 2.86. The lowest BCUT2D eigenvalue weighted by Gasteiger charge is -2.10. The summed E-state index contributed by atoms with van der Waals surface area (Å²) in [5.41, 5.74) is 2.32. The van der Waals surface area contributed by atoms with Crippen molar-refractivity contribution in [2.75, 3.05) is 28.3 Å². The molecule has 1 heterocycles. The van der Waals surface area contributed by atoms with Gasteiger partial charge in [0.25, 0.3) is 5.56 Å². The molecule has 0 aliphatic carbocycles. The molecule has 0 saturated carbocycles. The van der Waals surface area contributed by atoms with Gasteiger partial charge in [-0.3, -0.25) is 4.79 Å². The van der Waals surface area contributed by atoms with Gasteiger partial charge in [0.05, 0.1) is 43.7 Å². The van der Waals surface area contributed by atoms with Crippen LogP contribution in [0.15, 0.2) is 46.2 Å². The molecule has 2 aromatic carbocycles. The summed E-state index contributed by atoms with van der Waals surface area (Å²) in [5, 5.41) is 3.76. The van der Waals surface area contributed by atoms with Crippen molar-refractivity contribution in [2.24, 2.45) is 4.99 Å².